The molecule has 5 rings (SSSR count). The van der Waals surface area contributed by atoms with Gasteiger partial charge in [0.15, 0.2) is 9.79 Å². The average Bonchev–Trinajstić information content (AvgIpc) is 2.92. The van der Waals surface area contributed by atoms with Crippen LogP contribution in [0.15, 0.2) is 64.5 Å². The molecule has 3 heterocycles. The van der Waals surface area contributed by atoms with Crippen LogP contribution in [0.3, 0.4) is 0 Å². The second-order valence-corrected chi connectivity index (χ2v) is 9.06. The Hall–Kier alpha value is -3.28. The maximum absolute atomic E-state index is 13.2. The molecule has 1 fully saturated rings. The van der Waals surface area contributed by atoms with Crippen LogP contribution in [-0.4, -0.2) is 48.1 Å². The number of halogens is 3. The highest BCUT2D eigenvalue weighted by Crippen LogP contribution is 2.38. The van der Waals surface area contributed by atoms with Gasteiger partial charge < -0.3 is 24.2 Å². The van der Waals surface area contributed by atoms with Crippen molar-refractivity contribution in [2.75, 3.05) is 36.5 Å². The number of aromatic nitrogens is 1. The molecule has 1 atom stereocenters. The van der Waals surface area contributed by atoms with E-state index in [-0.39, 0.29) is 21.0 Å². The molecule has 11 heteroatoms. The zero-order valence-electron chi connectivity index (χ0n) is 17.6. The van der Waals surface area contributed by atoms with Crippen molar-refractivity contribution in [3.63, 3.8) is 0 Å². The van der Waals surface area contributed by atoms with Crippen molar-refractivity contribution in [2.24, 2.45) is 0 Å². The number of carbonyl (C=O) groups is 1. The fourth-order valence-electron chi connectivity index (χ4n) is 3.89. The van der Waals surface area contributed by atoms with Crippen LogP contribution in [0.1, 0.15) is 10.4 Å². The predicted octanol–water partition coefficient (Wildman–Crippen LogP) is 4.22. The molecule has 176 valence electrons. The van der Waals surface area contributed by atoms with Crippen molar-refractivity contribution in [3.8, 4) is 16.9 Å². The minimum Gasteiger partial charge on any atom is -0.606 e. The number of carbonyl (C=O) groups excluding carboxylic acids is 1. The summed E-state index contributed by atoms with van der Waals surface area (Å²) in [5.74, 6) is -0.299. The van der Waals surface area contributed by atoms with Gasteiger partial charge in [0.1, 0.15) is 17.3 Å². The number of pyridine rings is 1. The van der Waals surface area contributed by atoms with Gasteiger partial charge in [-0.05, 0) is 53.6 Å². The zero-order chi connectivity index (χ0) is 23.9. The minimum absolute atomic E-state index is 0.00125. The number of alkyl halides is 3. The summed E-state index contributed by atoms with van der Waals surface area (Å²) >= 11 is -1.79. The van der Waals surface area contributed by atoms with Gasteiger partial charge in [-0.15, -0.1) is 13.2 Å². The van der Waals surface area contributed by atoms with Gasteiger partial charge in [-0.25, -0.2) is 4.98 Å². The summed E-state index contributed by atoms with van der Waals surface area (Å²) in [5.41, 5.74) is 1.71. The van der Waals surface area contributed by atoms with Crippen molar-refractivity contribution in [1.29, 1.82) is 0 Å². The Morgan fingerprint density at radius 1 is 1.03 bits per heavy atom. The molecule has 2 aliphatic heterocycles. The first kappa shape index (κ1) is 22.5. The SMILES string of the molecule is O=C1Nc2cc(OC(F)(F)F)ccc2[S+]([O-])c2ccc(-c3ccnc(N4CCOCC4)c3)cc21. The van der Waals surface area contributed by atoms with Crippen molar-refractivity contribution in [3.05, 3.63) is 60.3 Å². The van der Waals surface area contributed by atoms with E-state index in [2.05, 4.69) is 19.9 Å². The average molecular weight is 489 g/mol. The first-order valence-corrected chi connectivity index (χ1v) is 11.5. The second-order valence-electron chi connectivity index (χ2n) is 7.64. The monoisotopic (exact) mass is 489 g/mol. The number of anilines is 2. The van der Waals surface area contributed by atoms with E-state index in [9.17, 15) is 22.5 Å². The van der Waals surface area contributed by atoms with Crippen LogP contribution >= 0.6 is 0 Å². The normalized spacial score (nSPS) is 17.9. The molecule has 1 unspecified atom stereocenters. The second kappa shape index (κ2) is 8.82. The number of hydrogen-bond donors (Lipinski definition) is 1. The third kappa shape index (κ3) is 4.54. The Morgan fingerprint density at radius 3 is 2.53 bits per heavy atom. The quantitative estimate of drug-likeness (QED) is 0.555. The largest absolute Gasteiger partial charge is 0.606 e. The summed E-state index contributed by atoms with van der Waals surface area (Å²) in [5, 5.41) is 2.56. The number of fused-ring (bicyclic) bond motifs is 2. The Kier molecular flexibility index (Phi) is 5.84. The molecule has 0 radical (unpaired) electrons. The van der Waals surface area contributed by atoms with E-state index in [1.54, 1.807) is 24.4 Å². The van der Waals surface area contributed by atoms with Gasteiger partial charge in [0.05, 0.1) is 18.8 Å². The highest BCUT2D eigenvalue weighted by Gasteiger charge is 2.34. The minimum atomic E-state index is -4.88. The van der Waals surface area contributed by atoms with Crippen molar-refractivity contribution < 1.29 is 32.0 Å². The summed E-state index contributed by atoms with van der Waals surface area (Å²) in [4.78, 5) is 20.0. The lowest BCUT2D eigenvalue weighted by Gasteiger charge is -2.28. The molecule has 1 saturated heterocycles. The van der Waals surface area contributed by atoms with Crippen molar-refractivity contribution in [2.45, 2.75) is 16.2 Å². The van der Waals surface area contributed by atoms with Crippen LogP contribution in [0.5, 0.6) is 5.75 Å². The van der Waals surface area contributed by atoms with E-state index >= 15 is 0 Å². The summed E-state index contributed by atoms with van der Waals surface area (Å²) in [6.07, 6.45) is -3.20. The molecule has 34 heavy (non-hydrogen) atoms. The van der Waals surface area contributed by atoms with Crippen LogP contribution in [0.25, 0.3) is 11.1 Å². The molecule has 3 aromatic rings. The number of hydrogen-bond acceptors (Lipinski definition) is 6. The molecule has 7 nitrogen and oxygen atoms in total. The van der Waals surface area contributed by atoms with Gasteiger partial charge in [0.25, 0.3) is 5.91 Å². The number of amides is 1. The van der Waals surface area contributed by atoms with Gasteiger partial charge >= 0.3 is 6.36 Å². The lowest BCUT2D eigenvalue weighted by atomic mass is 10.0. The van der Waals surface area contributed by atoms with E-state index in [1.165, 1.54) is 6.07 Å². The molecule has 0 aliphatic carbocycles. The van der Waals surface area contributed by atoms with Gasteiger partial charge in [0.2, 0.25) is 0 Å². The number of ether oxygens (including phenoxy) is 2. The van der Waals surface area contributed by atoms with Crippen LogP contribution in [-0.2, 0) is 15.9 Å². The molecule has 2 aromatic carbocycles. The summed E-state index contributed by atoms with van der Waals surface area (Å²) in [7, 11) is 0. The lowest BCUT2D eigenvalue weighted by Crippen LogP contribution is -2.36. The maximum atomic E-state index is 13.2. The van der Waals surface area contributed by atoms with Crippen LogP contribution in [0.4, 0.5) is 24.7 Å². The van der Waals surface area contributed by atoms with Crippen LogP contribution < -0.4 is 15.0 Å². The fourth-order valence-corrected chi connectivity index (χ4v) is 5.17. The Balaban J connectivity index is 1.48. The number of nitrogens with zero attached hydrogens (tertiary/aromatic N) is 2. The number of nitrogens with one attached hydrogen (secondary N) is 1. The number of benzene rings is 2. The molecule has 1 N–H and O–H groups in total. The highest BCUT2D eigenvalue weighted by molar-refractivity contribution is 7.91. The van der Waals surface area contributed by atoms with Gasteiger partial charge in [-0.1, -0.05) is 0 Å². The summed E-state index contributed by atoms with van der Waals surface area (Å²) in [6.45, 7) is 2.68. The Labute approximate surface area is 195 Å². The molecule has 0 bridgehead atoms. The van der Waals surface area contributed by atoms with E-state index < -0.39 is 29.2 Å². The molecular formula is C23H18F3N3O4S. The third-order valence-electron chi connectivity index (χ3n) is 5.47. The van der Waals surface area contributed by atoms with Crippen molar-refractivity contribution >= 4 is 28.6 Å². The molecule has 1 amide bonds. The Morgan fingerprint density at radius 2 is 1.76 bits per heavy atom. The molecule has 2 aliphatic rings. The van der Waals surface area contributed by atoms with Gasteiger partial charge in [0, 0.05) is 36.5 Å². The first-order valence-electron chi connectivity index (χ1n) is 10.3. The van der Waals surface area contributed by atoms with Gasteiger partial charge in [-0.3, -0.25) is 4.79 Å². The maximum Gasteiger partial charge on any atom is 0.573 e. The predicted molar refractivity (Wildman–Crippen MR) is 118 cm³/mol. The fraction of sp³-hybridized carbons (Fsp3) is 0.217. The number of morpholine rings is 1. The van der Waals surface area contributed by atoms with Crippen LogP contribution in [0, 0.1) is 0 Å². The number of rotatable bonds is 3. The summed E-state index contributed by atoms with van der Waals surface area (Å²) in [6, 6.07) is 12.1. The first-order chi connectivity index (χ1) is 16.3. The molecule has 1 aromatic heterocycles. The Bertz CT molecular complexity index is 1250. The van der Waals surface area contributed by atoms with E-state index in [0.29, 0.717) is 13.2 Å². The van der Waals surface area contributed by atoms with E-state index in [0.717, 1.165) is 42.2 Å². The molecule has 0 saturated carbocycles. The lowest BCUT2D eigenvalue weighted by molar-refractivity contribution is -0.274. The smallest absolute Gasteiger partial charge is 0.573 e. The van der Waals surface area contributed by atoms with Crippen molar-refractivity contribution in [1.82, 2.24) is 4.98 Å². The summed E-state index contributed by atoms with van der Waals surface area (Å²) < 4.78 is 60.3. The van der Waals surface area contributed by atoms with E-state index in [4.69, 9.17) is 4.74 Å². The van der Waals surface area contributed by atoms with E-state index in [1.807, 2.05) is 12.1 Å². The zero-order valence-corrected chi connectivity index (χ0v) is 18.4. The topological polar surface area (TPSA) is 86.8 Å². The third-order valence-corrected chi connectivity index (χ3v) is 6.98. The standard InChI is InChI=1S/C23H18F3N3O4S/c24-23(25,26)33-16-2-4-20-18(13-16)28-22(30)17-11-14(1-3-19(17)34(20)31)15-5-6-27-21(12-15)29-7-9-32-10-8-29/h1-6,11-13H,7-10H2,(H,28,30). The van der Waals surface area contributed by atoms with Gasteiger partial charge in [-0.2, -0.15) is 0 Å². The van der Waals surface area contributed by atoms with Crippen LogP contribution in [0.2, 0.25) is 0 Å². The molecular weight excluding hydrogens is 471 g/mol. The molecule has 0 spiro atoms. The highest BCUT2D eigenvalue weighted by atomic mass is 32.2.